The Hall–Kier alpha value is -0.150. The van der Waals surface area contributed by atoms with Crippen molar-refractivity contribution >= 4 is 14.5 Å². The molecule has 1 atom stereocenters. The van der Waals surface area contributed by atoms with E-state index in [1.807, 2.05) is 31.3 Å². The number of halogens is 2. The Labute approximate surface area is 175 Å². The summed E-state index contributed by atoms with van der Waals surface area (Å²) >= 11 is 1.59. The van der Waals surface area contributed by atoms with Gasteiger partial charge in [0, 0.05) is 5.56 Å². The standard InChI is InChI=1S/C9H11NOSi.C9H13.2ClH.Zr/c1-12(2)10-9(11)8-6-4-3-5-7-8;1-6-5-7(2)9(4)8(6)3;;;/h3-7H,1-2H3;6H,1-4H3;2*1H;/q;;;;+2/p-2. The third-order valence-electron chi connectivity index (χ3n) is 3.99. The first-order chi connectivity index (χ1) is 10.3. The molecule has 0 radical (unpaired) electrons. The second kappa shape index (κ2) is 12.2. The molecular weight excluding hydrogens is 436 g/mol. The van der Waals surface area contributed by atoms with Gasteiger partial charge in [0.25, 0.3) is 5.91 Å². The Bertz CT molecular complexity index is 626. The van der Waals surface area contributed by atoms with E-state index in [0.717, 1.165) is 5.92 Å². The van der Waals surface area contributed by atoms with Crippen molar-refractivity contribution in [2.24, 2.45) is 10.6 Å². The number of carbonyl (C=O) groups is 1. The average molecular weight is 461 g/mol. The minimum absolute atomic E-state index is 0. The van der Waals surface area contributed by atoms with Crippen molar-refractivity contribution in [3.8, 4) is 0 Å². The molecule has 2 rings (SSSR count). The van der Waals surface area contributed by atoms with Gasteiger partial charge in [0.15, 0.2) is 0 Å². The number of amides is 1. The summed E-state index contributed by atoms with van der Waals surface area (Å²) in [7, 11) is -0.805. The molecule has 0 saturated carbocycles. The summed E-state index contributed by atoms with van der Waals surface area (Å²) in [5.41, 5.74) is 5.33. The molecule has 0 N–H and O–H groups in total. The largest absolute Gasteiger partial charge is 1.00 e. The van der Waals surface area contributed by atoms with Gasteiger partial charge in [-0.05, 0) is 25.2 Å². The van der Waals surface area contributed by atoms with Gasteiger partial charge in [0.1, 0.15) is 8.59 Å². The maximum atomic E-state index is 11.3. The van der Waals surface area contributed by atoms with Gasteiger partial charge >= 0.3 is 78.3 Å². The molecule has 1 aromatic rings. The summed E-state index contributed by atoms with van der Waals surface area (Å²) in [6.45, 7) is 13.0. The number of carbonyl (C=O) groups excluding carboxylic acids is 1. The molecule has 0 saturated heterocycles. The average Bonchev–Trinajstić information content (AvgIpc) is 2.66. The Morgan fingerprint density at radius 1 is 1.04 bits per heavy atom. The molecule has 129 valence electrons. The zero-order chi connectivity index (χ0) is 16.9. The van der Waals surface area contributed by atoms with Gasteiger partial charge in [0.05, 0.1) is 0 Å². The van der Waals surface area contributed by atoms with Crippen molar-refractivity contribution in [2.45, 2.75) is 40.8 Å². The second-order valence-electron chi connectivity index (χ2n) is 5.80. The third-order valence-corrected chi connectivity index (χ3v) is 6.62. The van der Waals surface area contributed by atoms with Crippen LogP contribution in [0.5, 0.6) is 0 Å². The number of hydrogen-bond donors (Lipinski definition) is 0. The monoisotopic (exact) mass is 458 g/mol. The second-order valence-corrected chi connectivity index (χ2v) is 9.24. The Morgan fingerprint density at radius 2 is 1.54 bits per heavy atom. The van der Waals surface area contributed by atoms with Crippen LogP contribution in [0.25, 0.3) is 0 Å². The van der Waals surface area contributed by atoms with Crippen LogP contribution >= 0.6 is 0 Å². The molecule has 0 heterocycles. The zero-order valence-corrected chi connectivity index (χ0v) is 20.0. The summed E-state index contributed by atoms with van der Waals surface area (Å²) < 4.78 is 5.65. The van der Waals surface area contributed by atoms with Gasteiger partial charge in [-0.3, -0.25) is 9.43 Å². The molecule has 1 aliphatic rings. The molecule has 2 nitrogen and oxygen atoms in total. The maximum Gasteiger partial charge on any atom is 0.267 e. The molecule has 0 fully saturated rings. The summed E-state index contributed by atoms with van der Waals surface area (Å²) in [5.74, 6) is 0.646. The van der Waals surface area contributed by atoms with Crippen LogP contribution in [0.15, 0.2) is 55.0 Å². The van der Waals surface area contributed by atoms with Gasteiger partial charge in [-0.1, -0.05) is 18.2 Å². The zero-order valence-electron chi connectivity index (χ0n) is 15.1. The Morgan fingerprint density at radius 3 is 1.83 bits per heavy atom. The van der Waals surface area contributed by atoms with E-state index >= 15 is 0 Å². The van der Waals surface area contributed by atoms with E-state index in [0.29, 0.717) is 5.56 Å². The number of benzene rings is 1. The van der Waals surface area contributed by atoms with E-state index in [1.165, 1.54) is 5.57 Å². The van der Waals surface area contributed by atoms with E-state index in [2.05, 4.69) is 32.3 Å². The molecule has 6 heteroatoms. The van der Waals surface area contributed by atoms with Crippen LogP contribution in [-0.2, 0) is 24.7 Å². The summed E-state index contributed by atoms with van der Waals surface area (Å²) in [4.78, 5) is 11.3. The van der Waals surface area contributed by atoms with Crippen LogP contribution < -0.4 is 24.8 Å². The topological polar surface area (TPSA) is 29.4 Å². The van der Waals surface area contributed by atoms with E-state index in [-0.39, 0.29) is 30.7 Å². The van der Waals surface area contributed by atoms with Crippen LogP contribution in [0, 0.1) is 5.92 Å². The van der Waals surface area contributed by atoms with Crippen LogP contribution in [0.4, 0.5) is 0 Å². The number of hydrogen-bond acceptors (Lipinski definition) is 1. The fraction of sp³-hybridized carbons (Fsp3) is 0.389. The molecule has 1 unspecified atom stereocenters. The molecule has 0 bridgehead atoms. The number of nitrogens with zero attached hydrogens (tertiary/aromatic N) is 1. The van der Waals surface area contributed by atoms with E-state index in [1.54, 1.807) is 51.3 Å². The summed E-state index contributed by atoms with van der Waals surface area (Å²) in [5, 5.41) is 0. The SMILES string of the molecule is CC1=C(C)C(C)[C]([Zr+2])=C1C.C[Si](C)=NC(=O)c1ccccc1.[Cl-].[Cl-]. The molecule has 1 aromatic carbocycles. The number of rotatable bonds is 1. The van der Waals surface area contributed by atoms with Gasteiger partial charge < -0.3 is 24.8 Å². The summed E-state index contributed by atoms with van der Waals surface area (Å²) in [6, 6.07) is 9.16. The molecule has 0 spiro atoms. The van der Waals surface area contributed by atoms with Crippen molar-refractivity contribution in [2.75, 3.05) is 0 Å². The van der Waals surface area contributed by atoms with E-state index < -0.39 is 8.59 Å². The van der Waals surface area contributed by atoms with Crippen LogP contribution in [0.3, 0.4) is 0 Å². The molecule has 0 aliphatic heterocycles. The van der Waals surface area contributed by atoms with Gasteiger partial charge in [-0.2, -0.15) is 0 Å². The van der Waals surface area contributed by atoms with Gasteiger partial charge in [-0.15, -0.1) is 0 Å². The van der Waals surface area contributed by atoms with Crippen molar-refractivity contribution in [1.82, 2.24) is 0 Å². The van der Waals surface area contributed by atoms with Crippen LogP contribution in [0.2, 0.25) is 13.1 Å². The molecule has 1 amide bonds. The number of allylic oxidation sites excluding steroid dienone is 4. The molecule has 1 aliphatic carbocycles. The Balaban J connectivity index is 0. The van der Waals surface area contributed by atoms with Gasteiger partial charge in [-0.25, -0.2) is 0 Å². The van der Waals surface area contributed by atoms with Crippen molar-refractivity contribution in [3.05, 3.63) is 55.9 Å². The van der Waals surface area contributed by atoms with Crippen molar-refractivity contribution < 1.29 is 54.3 Å². The predicted molar refractivity (Wildman–Crippen MR) is 90.9 cm³/mol. The van der Waals surface area contributed by atoms with Crippen molar-refractivity contribution in [1.29, 1.82) is 0 Å². The molecule has 24 heavy (non-hydrogen) atoms. The van der Waals surface area contributed by atoms with Crippen molar-refractivity contribution in [3.63, 3.8) is 0 Å². The minimum Gasteiger partial charge on any atom is -1.00 e. The quantitative estimate of drug-likeness (QED) is 0.502. The smallest absolute Gasteiger partial charge is 0.267 e. The first kappa shape index (κ1) is 26.1. The fourth-order valence-electron chi connectivity index (χ4n) is 2.21. The predicted octanol–water partition coefficient (Wildman–Crippen LogP) is -0.852. The third kappa shape index (κ3) is 7.39. The Kier molecular flexibility index (Phi) is 13.3. The fourth-order valence-corrected chi connectivity index (χ4v) is 3.74. The van der Waals surface area contributed by atoms with E-state index in [9.17, 15) is 4.79 Å². The summed E-state index contributed by atoms with van der Waals surface area (Å²) in [6.07, 6.45) is 0. The van der Waals surface area contributed by atoms with Gasteiger partial charge in [0.2, 0.25) is 0 Å². The van der Waals surface area contributed by atoms with E-state index in [4.69, 9.17) is 0 Å². The van der Waals surface area contributed by atoms with Crippen LogP contribution in [0.1, 0.15) is 38.1 Å². The molecular formula is C18H24Cl2NOSiZr. The maximum absolute atomic E-state index is 11.3. The normalized spacial score (nSPS) is 15.8. The first-order valence-electron chi connectivity index (χ1n) is 7.47. The molecule has 0 aromatic heterocycles. The first-order valence-corrected chi connectivity index (χ1v) is 11.1. The minimum atomic E-state index is -0.805. The van der Waals surface area contributed by atoms with Crippen LogP contribution in [-0.4, -0.2) is 14.5 Å².